The molecule has 100 valence electrons. The Bertz CT molecular complexity index is 373. The van der Waals surface area contributed by atoms with Crippen molar-refractivity contribution in [1.29, 1.82) is 0 Å². The fourth-order valence-electron chi connectivity index (χ4n) is 2.72. The fraction of sp³-hybridized carbons (Fsp3) is 0.714. The Morgan fingerprint density at radius 2 is 1.78 bits per heavy atom. The van der Waals surface area contributed by atoms with Crippen molar-refractivity contribution in [1.82, 2.24) is 4.90 Å². The van der Waals surface area contributed by atoms with E-state index in [1.165, 1.54) is 12.8 Å². The van der Waals surface area contributed by atoms with Crippen LogP contribution in [0.2, 0.25) is 0 Å². The molecule has 1 fully saturated rings. The summed E-state index contributed by atoms with van der Waals surface area (Å²) in [5.41, 5.74) is 0. The van der Waals surface area contributed by atoms with Gasteiger partial charge in [0, 0.05) is 13.1 Å². The van der Waals surface area contributed by atoms with Crippen LogP contribution >= 0.6 is 0 Å². The van der Waals surface area contributed by atoms with Gasteiger partial charge in [-0.2, -0.15) is 0 Å². The molecule has 1 saturated carbocycles. The lowest BCUT2D eigenvalue weighted by Gasteiger charge is -2.32. The van der Waals surface area contributed by atoms with Crippen molar-refractivity contribution in [2.24, 2.45) is 17.8 Å². The van der Waals surface area contributed by atoms with Crippen LogP contribution in [0.5, 0.6) is 0 Å². The monoisotopic (exact) mass is 251 g/mol. The zero-order valence-corrected chi connectivity index (χ0v) is 11.0. The second-order valence-electron chi connectivity index (χ2n) is 5.52. The van der Waals surface area contributed by atoms with E-state index >= 15 is 0 Å². The summed E-state index contributed by atoms with van der Waals surface area (Å²) in [6.07, 6.45) is 7.19. The smallest absolute Gasteiger partial charge is 0.307 e. The van der Waals surface area contributed by atoms with Gasteiger partial charge in [-0.25, -0.2) is 0 Å². The molecule has 3 unspecified atom stereocenters. The minimum atomic E-state index is -0.856. The van der Waals surface area contributed by atoms with Crippen LogP contribution in [0.15, 0.2) is 12.2 Å². The summed E-state index contributed by atoms with van der Waals surface area (Å²) < 4.78 is 0. The van der Waals surface area contributed by atoms with E-state index in [1.54, 1.807) is 4.90 Å². The summed E-state index contributed by atoms with van der Waals surface area (Å²) in [6.45, 7) is 2.06. The lowest BCUT2D eigenvalue weighted by molar-refractivity contribution is -0.151. The van der Waals surface area contributed by atoms with Crippen molar-refractivity contribution >= 4 is 11.9 Å². The van der Waals surface area contributed by atoms with Crippen LogP contribution in [-0.4, -0.2) is 35.0 Å². The van der Waals surface area contributed by atoms with E-state index in [0.29, 0.717) is 18.8 Å². The standard InChI is InChI=1S/C14H21NO3/c1-9(10-7-8-10)15(2)13(16)11-5-3-4-6-12(11)14(17)18/h3-4,9-12H,5-8H2,1-2H3,(H,17,18). The Morgan fingerprint density at radius 3 is 2.28 bits per heavy atom. The van der Waals surface area contributed by atoms with Gasteiger partial charge < -0.3 is 10.0 Å². The SMILES string of the molecule is CC(C1CC1)N(C)C(=O)C1CC=CCC1C(=O)O. The predicted octanol–water partition coefficient (Wildman–Crippen LogP) is 1.91. The van der Waals surface area contributed by atoms with E-state index < -0.39 is 17.8 Å². The molecule has 0 heterocycles. The van der Waals surface area contributed by atoms with Gasteiger partial charge in [-0.05, 0) is 38.5 Å². The molecule has 4 heteroatoms. The third kappa shape index (κ3) is 2.57. The highest BCUT2D eigenvalue weighted by molar-refractivity contribution is 5.85. The first-order valence-corrected chi connectivity index (χ1v) is 6.67. The molecule has 0 aromatic rings. The molecule has 18 heavy (non-hydrogen) atoms. The van der Waals surface area contributed by atoms with Gasteiger partial charge in [-0.3, -0.25) is 9.59 Å². The minimum absolute atomic E-state index is 0.00819. The van der Waals surface area contributed by atoms with Crippen molar-refractivity contribution < 1.29 is 14.7 Å². The highest BCUT2D eigenvalue weighted by atomic mass is 16.4. The fourth-order valence-corrected chi connectivity index (χ4v) is 2.72. The average Bonchev–Trinajstić information content (AvgIpc) is 3.20. The van der Waals surface area contributed by atoms with Crippen molar-refractivity contribution in [3.8, 4) is 0 Å². The Balaban J connectivity index is 2.06. The molecule has 0 radical (unpaired) electrons. The molecule has 4 nitrogen and oxygen atoms in total. The largest absolute Gasteiger partial charge is 0.481 e. The molecule has 2 aliphatic carbocycles. The van der Waals surface area contributed by atoms with Crippen molar-refractivity contribution in [2.45, 2.75) is 38.6 Å². The first-order valence-electron chi connectivity index (χ1n) is 6.67. The maximum Gasteiger partial charge on any atom is 0.307 e. The highest BCUT2D eigenvalue weighted by Gasteiger charge is 2.39. The molecule has 2 aliphatic rings. The summed E-state index contributed by atoms with van der Waals surface area (Å²) in [7, 11) is 1.81. The first kappa shape index (κ1) is 13.1. The number of rotatable bonds is 4. The van der Waals surface area contributed by atoms with E-state index in [0.717, 1.165) is 0 Å². The van der Waals surface area contributed by atoms with Crippen LogP contribution in [0.1, 0.15) is 32.6 Å². The molecule has 0 aromatic carbocycles. The van der Waals surface area contributed by atoms with Gasteiger partial charge >= 0.3 is 5.97 Å². The van der Waals surface area contributed by atoms with Crippen LogP contribution in [0.25, 0.3) is 0 Å². The van der Waals surface area contributed by atoms with Crippen LogP contribution in [0, 0.1) is 17.8 Å². The zero-order chi connectivity index (χ0) is 13.3. The molecular weight excluding hydrogens is 230 g/mol. The Morgan fingerprint density at radius 1 is 1.22 bits per heavy atom. The number of amides is 1. The molecule has 3 atom stereocenters. The molecule has 0 spiro atoms. The zero-order valence-electron chi connectivity index (χ0n) is 11.0. The van der Waals surface area contributed by atoms with Gasteiger partial charge in [-0.15, -0.1) is 0 Å². The number of nitrogens with zero attached hydrogens (tertiary/aromatic N) is 1. The Labute approximate surface area is 108 Å². The molecule has 1 N–H and O–H groups in total. The predicted molar refractivity (Wildman–Crippen MR) is 67.9 cm³/mol. The van der Waals surface area contributed by atoms with Gasteiger partial charge in [0.1, 0.15) is 0 Å². The van der Waals surface area contributed by atoms with Gasteiger partial charge in [-0.1, -0.05) is 12.2 Å². The summed E-state index contributed by atoms with van der Waals surface area (Å²) in [5, 5.41) is 9.19. The number of carboxylic acids is 1. The van der Waals surface area contributed by atoms with E-state index in [-0.39, 0.29) is 11.9 Å². The molecule has 2 rings (SSSR count). The number of aliphatic carboxylic acids is 1. The highest BCUT2D eigenvalue weighted by Crippen LogP contribution is 2.36. The van der Waals surface area contributed by atoms with E-state index in [1.807, 2.05) is 19.2 Å². The number of allylic oxidation sites excluding steroid dienone is 2. The molecule has 1 amide bonds. The Kier molecular flexibility index (Phi) is 3.73. The van der Waals surface area contributed by atoms with E-state index in [9.17, 15) is 14.7 Å². The van der Waals surface area contributed by atoms with Crippen LogP contribution in [0.4, 0.5) is 0 Å². The normalized spacial score (nSPS) is 28.8. The average molecular weight is 251 g/mol. The lowest BCUT2D eigenvalue weighted by atomic mass is 9.82. The Hall–Kier alpha value is -1.32. The lowest BCUT2D eigenvalue weighted by Crippen LogP contribution is -2.44. The maximum absolute atomic E-state index is 12.4. The topological polar surface area (TPSA) is 57.6 Å². The first-order chi connectivity index (χ1) is 8.52. The third-order valence-electron chi connectivity index (χ3n) is 4.33. The molecule has 0 bridgehead atoms. The van der Waals surface area contributed by atoms with Crippen molar-refractivity contribution in [3.63, 3.8) is 0 Å². The van der Waals surface area contributed by atoms with Crippen LogP contribution in [0.3, 0.4) is 0 Å². The maximum atomic E-state index is 12.4. The number of carboxylic acid groups (broad SMARTS) is 1. The second kappa shape index (κ2) is 5.12. The summed E-state index contributed by atoms with van der Waals surface area (Å²) in [5.74, 6) is -1.20. The van der Waals surface area contributed by atoms with Crippen molar-refractivity contribution in [3.05, 3.63) is 12.2 Å². The number of hydrogen-bond donors (Lipinski definition) is 1. The molecule has 0 aliphatic heterocycles. The molecular formula is C14H21NO3. The van der Waals surface area contributed by atoms with Crippen LogP contribution in [-0.2, 0) is 9.59 Å². The number of hydrogen-bond acceptors (Lipinski definition) is 2. The summed E-state index contributed by atoms with van der Waals surface area (Å²) in [4.78, 5) is 25.4. The summed E-state index contributed by atoms with van der Waals surface area (Å²) >= 11 is 0. The molecule has 0 aromatic heterocycles. The minimum Gasteiger partial charge on any atom is -0.481 e. The number of carbonyl (C=O) groups is 2. The quantitative estimate of drug-likeness (QED) is 0.776. The van der Waals surface area contributed by atoms with Crippen molar-refractivity contribution in [2.75, 3.05) is 7.05 Å². The second-order valence-corrected chi connectivity index (χ2v) is 5.52. The van der Waals surface area contributed by atoms with Gasteiger partial charge in [0.15, 0.2) is 0 Å². The van der Waals surface area contributed by atoms with Gasteiger partial charge in [0.05, 0.1) is 11.8 Å². The summed E-state index contributed by atoms with van der Waals surface area (Å²) in [6, 6.07) is 0.234. The van der Waals surface area contributed by atoms with Gasteiger partial charge in [0.25, 0.3) is 0 Å². The van der Waals surface area contributed by atoms with E-state index in [2.05, 4.69) is 6.92 Å². The third-order valence-corrected chi connectivity index (χ3v) is 4.33. The molecule has 0 saturated heterocycles. The van der Waals surface area contributed by atoms with Gasteiger partial charge in [0.2, 0.25) is 5.91 Å². The van der Waals surface area contributed by atoms with E-state index in [4.69, 9.17) is 0 Å². The number of carbonyl (C=O) groups excluding carboxylic acids is 1. The van der Waals surface area contributed by atoms with Crippen LogP contribution < -0.4 is 0 Å².